The molecule has 116 valence electrons. The number of ether oxygens (including phenoxy) is 2. The van der Waals surface area contributed by atoms with E-state index in [1.54, 1.807) is 0 Å². The Kier molecular flexibility index (Phi) is 4.37. The predicted molar refractivity (Wildman–Crippen MR) is 89.7 cm³/mol. The molecule has 0 aromatic heterocycles. The molecule has 4 nitrogen and oxygen atoms in total. The average molecular weight is 298 g/mol. The fraction of sp³-hybridized carbons (Fsp3) is 0.333. The summed E-state index contributed by atoms with van der Waals surface area (Å²) >= 11 is 0. The van der Waals surface area contributed by atoms with E-state index in [4.69, 9.17) is 15.2 Å². The molecule has 1 unspecified atom stereocenters. The molecule has 0 spiro atoms. The predicted octanol–water partition coefficient (Wildman–Crippen LogP) is 3.33. The SMILES string of the molecule is CC1CN(CCCOc2ccccc2)c2cc(N)ccc2O1. The van der Waals surface area contributed by atoms with Crippen molar-refractivity contribution in [3.63, 3.8) is 0 Å². The third kappa shape index (κ3) is 3.45. The van der Waals surface area contributed by atoms with Gasteiger partial charge in [0.05, 0.1) is 18.8 Å². The van der Waals surface area contributed by atoms with E-state index in [1.165, 1.54) is 0 Å². The zero-order valence-electron chi connectivity index (χ0n) is 12.9. The summed E-state index contributed by atoms with van der Waals surface area (Å²) in [6.45, 7) is 4.60. The third-order valence-electron chi connectivity index (χ3n) is 3.71. The van der Waals surface area contributed by atoms with Gasteiger partial charge in [0.2, 0.25) is 0 Å². The first kappa shape index (κ1) is 14.6. The Labute approximate surface area is 131 Å². The van der Waals surface area contributed by atoms with Crippen LogP contribution in [0.3, 0.4) is 0 Å². The second-order valence-corrected chi connectivity index (χ2v) is 5.62. The quantitative estimate of drug-likeness (QED) is 0.679. The zero-order valence-corrected chi connectivity index (χ0v) is 12.9. The van der Waals surface area contributed by atoms with E-state index in [0.29, 0.717) is 6.61 Å². The number of fused-ring (bicyclic) bond motifs is 1. The van der Waals surface area contributed by atoms with E-state index in [2.05, 4.69) is 11.8 Å². The maximum atomic E-state index is 5.90. The minimum absolute atomic E-state index is 0.186. The van der Waals surface area contributed by atoms with Gasteiger partial charge in [0.1, 0.15) is 17.6 Å². The summed E-state index contributed by atoms with van der Waals surface area (Å²) in [5, 5.41) is 0. The molecule has 3 rings (SSSR count). The van der Waals surface area contributed by atoms with E-state index in [9.17, 15) is 0 Å². The van der Waals surface area contributed by atoms with Crippen LogP contribution in [0.15, 0.2) is 48.5 Å². The third-order valence-corrected chi connectivity index (χ3v) is 3.71. The molecule has 1 atom stereocenters. The molecule has 2 N–H and O–H groups in total. The Bertz CT molecular complexity index is 616. The van der Waals surface area contributed by atoms with Gasteiger partial charge in [-0.3, -0.25) is 0 Å². The fourth-order valence-electron chi connectivity index (χ4n) is 2.72. The number of rotatable bonds is 5. The van der Waals surface area contributed by atoms with Crippen molar-refractivity contribution in [2.24, 2.45) is 0 Å². The lowest BCUT2D eigenvalue weighted by Crippen LogP contribution is -2.39. The van der Waals surface area contributed by atoms with Crippen LogP contribution in [0, 0.1) is 0 Å². The first-order valence-electron chi connectivity index (χ1n) is 7.71. The van der Waals surface area contributed by atoms with Crippen LogP contribution in [-0.2, 0) is 0 Å². The molecule has 1 aliphatic heterocycles. The monoisotopic (exact) mass is 298 g/mol. The topological polar surface area (TPSA) is 47.7 Å². The Morgan fingerprint density at radius 2 is 2.05 bits per heavy atom. The van der Waals surface area contributed by atoms with Crippen LogP contribution in [0.2, 0.25) is 0 Å². The highest BCUT2D eigenvalue weighted by atomic mass is 16.5. The number of anilines is 2. The Hall–Kier alpha value is -2.36. The van der Waals surface area contributed by atoms with Gasteiger partial charge in [0.25, 0.3) is 0 Å². The Morgan fingerprint density at radius 1 is 1.23 bits per heavy atom. The van der Waals surface area contributed by atoms with Crippen LogP contribution >= 0.6 is 0 Å². The summed E-state index contributed by atoms with van der Waals surface area (Å²) in [6, 6.07) is 15.7. The van der Waals surface area contributed by atoms with Crippen molar-refractivity contribution in [2.75, 3.05) is 30.3 Å². The van der Waals surface area contributed by atoms with Gasteiger partial charge in [-0.2, -0.15) is 0 Å². The van der Waals surface area contributed by atoms with Crippen molar-refractivity contribution < 1.29 is 9.47 Å². The van der Waals surface area contributed by atoms with Gasteiger partial charge in [-0.05, 0) is 43.7 Å². The number of nitrogens with zero attached hydrogens (tertiary/aromatic N) is 1. The van der Waals surface area contributed by atoms with Crippen molar-refractivity contribution in [2.45, 2.75) is 19.4 Å². The van der Waals surface area contributed by atoms with Gasteiger partial charge < -0.3 is 20.1 Å². The number of nitrogen functional groups attached to an aromatic ring is 1. The van der Waals surface area contributed by atoms with Crippen LogP contribution in [0.4, 0.5) is 11.4 Å². The lowest BCUT2D eigenvalue weighted by atomic mass is 10.1. The number of nitrogens with two attached hydrogens (primary N) is 1. The maximum Gasteiger partial charge on any atom is 0.143 e. The largest absolute Gasteiger partial charge is 0.494 e. The molecule has 2 aromatic rings. The average Bonchev–Trinajstić information content (AvgIpc) is 2.53. The highest BCUT2D eigenvalue weighted by Gasteiger charge is 2.22. The van der Waals surface area contributed by atoms with E-state index >= 15 is 0 Å². The zero-order chi connectivity index (χ0) is 15.4. The van der Waals surface area contributed by atoms with Gasteiger partial charge in [0.15, 0.2) is 0 Å². The molecule has 0 aliphatic carbocycles. The molecule has 0 saturated heterocycles. The van der Waals surface area contributed by atoms with E-state index in [1.807, 2.05) is 48.5 Å². The second-order valence-electron chi connectivity index (χ2n) is 5.62. The minimum Gasteiger partial charge on any atom is -0.494 e. The smallest absolute Gasteiger partial charge is 0.143 e. The maximum absolute atomic E-state index is 5.90. The first-order chi connectivity index (χ1) is 10.7. The van der Waals surface area contributed by atoms with Crippen molar-refractivity contribution in [1.29, 1.82) is 0 Å². The van der Waals surface area contributed by atoms with Gasteiger partial charge in [-0.25, -0.2) is 0 Å². The Morgan fingerprint density at radius 3 is 2.86 bits per heavy atom. The molecule has 0 saturated carbocycles. The molecule has 1 aliphatic rings. The number of benzene rings is 2. The molecule has 22 heavy (non-hydrogen) atoms. The summed E-state index contributed by atoms with van der Waals surface area (Å²) in [5.41, 5.74) is 7.75. The summed E-state index contributed by atoms with van der Waals surface area (Å²) in [4.78, 5) is 2.33. The van der Waals surface area contributed by atoms with Crippen LogP contribution in [0.1, 0.15) is 13.3 Å². The molecule has 4 heteroatoms. The lowest BCUT2D eigenvalue weighted by molar-refractivity contribution is 0.211. The number of para-hydroxylation sites is 1. The van der Waals surface area contributed by atoms with Crippen molar-refractivity contribution in [3.05, 3.63) is 48.5 Å². The van der Waals surface area contributed by atoms with Gasteiger partial charge >= 0.3 is 0 Å². The first-order valence-corrected chi connectivity index (χ1v) is 7.71. The summed E-state index contributed by atoms with van der Waals surface area (Å²) in [6.07, 6.45) is 1.14. The minimum atomic E-state index is 0.186. The van der Waals surface area contributed by atoms with Crippen molar-refractivity contribution in [1.82, 2.24) is 0 Å². The molecular weight excluding hydrogens is 276 g/mol. The van der Waals surface area contributed by atoms with E-state index in [-0.39, 0.29) is 6.10 Å². The molecule has 0 fully saturated rings. The molecule has 2 aromatic carbocycles. The van der Waals surface area contributed by atoms with Crippen molar-refractivity contribution >= 4 is 11.4 Å². The lowest BCUT2D eigenvalue weighted by Gasteiger charge is -2.35. The molecule has 0 radical (unpaired) electrons. The van der Waals surface area contributed by atoms with Gasteiger partial charge in [0, 0.05) is 12.2 Å². The van der Waals surface area contributed by atoms with E-state index in [0.717, 1.165) is 42.4 Å². The van der Waals surface area contributed by atoms with Crippen LogP contribution in [-0.4, -0.2) is 25.8 Å². The van der Waals surface area contributed by atoms with Crippen LogP contribution < -0.4 is 20.1 Å². The molecule has 0 bridgehead atoms. The standard InChI is InChI=1S/C18H22N2O2/c1-14-13-20(17-12-15(19)8-9-18(17)22-14)10-5-11-21-16-6-3-2-4-7-16/h2-4,6-9,12,14H,5,10-11,13,19H2,1H3. The number of hydrogen-bond acceptors (Lipinski definition) is 4. The highest BCUT2D eigenvalue weighted by molar-refractivity contribution is 5.66. The fourth-order valence-corrected chi connectivity index (χ4v) is 2.72. The van der Waals surface area contributed by atoms with Gasteiger partial charge in [-0.1, -0.05) is 18.2 Å². The molecular formula is C18H22N2O2. The molecule has 1 heterocycles. The second kappa shape index (κ2) is 6.60. The summed E-state index contributed by atoms with van der Waals surface area (Å²) < 4.78 is 11.6. The van der Waals surface area contributed by atoms with Crippen molar-refractivity contribution in [3.8, 4) is 11.5 Å². The number of hydrogen-bond donors (Lipinski definition) is 1. The van der Waals surface area contributed by atoms with Crippen LogP contribution in [0.5, 0.6) is 11.5 Å². The van der Waals surface area contributed by atoms with Crippen LogP contribution in [0.25, 0.3) is 0 Å². The summed E-state index contributed by atoms with van der Waals surface area (Å²) in [5.74, 6) is 1.83. The molecule has 0 amide bonds. The highest BCUT2D eigenvalue weighted by Crippen LogP contribution is 2.35. The normalized spacial score (nSPS) is 16.8. The summed E-state index contributed by atoms with van der Waals surface area (Å²) in [7, 11) is 0. The van der Waals surface area contributed by atoms with E-state index < -0.39 is 0 Å². The van der Waals surface area contributed by atoms with Gasteiger partial charge in [-0.15, -0.1) is 0 Å². The Balaban J connectivity index is 1.57.